The number of fused-ring (bicyclic) bond motifs is 2. The van der Waals surface area contributed by atoms with Crippen molar-refractivity contribution in [3.05, 3.63) is 74.9 Å². The van der Waals surface area contributed by atoms with Crippen LogP contribution in [-0.4, -0.2) is 39.9 Å². The van der Waals surface area contributed by atoms with Crippen LogP contribution in [0.2, 0.25) is 25.7 Å². The van der Waals surface area contributed by atoms with Gasteiger partial charge in [-0.1, -0.05) is 31.8 Å². The Labute approximate surface area is 220 Å². The van der Waals surface area contributed by atoms with E-state index in [1.807, 2.05) is 41.9 Å². The fourth-order valence-corrected chi connectivity index (χ4v) is 5.80. The van der Waals surface area contributed by atoms with Crippen LogP contribution in [0.4, 0.5) is 5.69 Å². The Kier molecular flexibility index (Phi) is 6.35. The van der Waals surface area contributed by atoms with Gasteiger partial charge in [-0.05, 0) is 71.5 Å². The van der Waals surface area contributed by atoms with Crippen LogP contribution < -0.4 is 4.90 Å². The second kappa shape index (κ2) is 9.18. The quantitative estimate of drug-likeness (QED) is 0.154. The summed E-state index contributed by atoms with van der Waals surface area (Å²) in [5.41, 5.74) is 6.24. The predicted octanol–water partition coefficient (Wildman–Crippen LogP) is 5.74. The van der Waals surface area contributed by atoms with Crippen molar-refractivity contribution in [2.45, 2.75) is 45.4 Å². The van der Waals surface area contributed by atoms with Crippen LogP contribution in [0.25, 0.3) is 11.0 Å². The molecule has 0 spiro atoms. The summed E-state index contributed by atoms with van der Waals surface area (Å²) in [7, 11) is 0.695. The van der Waals surface area contributed by atoms with E-state index >= 15 is 0 Å². The maximum absolute atomic E-state index is 13.8. The van der Waals surface area contributed by atoms with Crippen molar-refractivity contribution in [1.82, 2.24) is 19.3 Å². The molecule has 1 aliphatic heterocycles. The summed E-state index contributed by atoms with van der Waals surface area (Å²) in [5.74, 6) is -0.0385. The zero-order valence-electron chi connectivity index (χ0n) is 20.7. The van der Waals surface area contributed by atoms with Gasteiger partial charge in [0.25, 0.3) is 5.91 Å². The highest BCUT2D eigenvalue weighted by Crippen LogP contribution is 2.43. The van der Waals surface area contributed by atoms with E-state index in [9.17, 15) is 4.79 Å². The molecule has 1 unspecified atom stereocenters. The van der Waals surface area contributed by atoms with Crippen LogP contribution in [0.1, 0.15) is 33.4 Å². The standard InChI is InChI=1S/C26H30IN5O2Si/c1-17-23-24(18-6-8-19(27)9-7-18)32(26(33)25(23)30(2)29-17)20-10-11-21-22(14-20)31(15-28-21)16-34-12-13-35(3,4)5/h6-11,14-15,24H,12-13,16H2,1-5H3. The topological polar surface area (TPSA) is 65.2 Å². The van der Waals surface area contributed by atoms with Crippen molar-refractivity contribution in [3.63, 3.8) is 0 Å². The summed E-state index contributed by atoms with van der Waals surface area (Å²) in [5, 5.41) is 4.56. The lowest BCUT2D eigenvalue weighted by Gasteiger charge is -2.26. The fraction of sp³-hybridized carbons (Fsp3) is 0.346. The van der Waals surface area contributed by atoms with E-state index in [0.29, 0.717) is 12.4 Å². The first-order chi connectivity index (χ1) is 16.6. The maximum Gasteiger partial charge on any atom is 0.277 e. The minimum Gasteiger partial charge on any atom is -0.361 e. The summed E-state index contributed by atoms with van der Waals surface area (Å²) < 4.78 is 10.9. The van der Waals surface area contributed by atoms with Gasteiger partial charge in [0.05, 0.1) is 29.1 Å². The monoisotopic (exact) mass is 599 g/mol. The van der Waals surface area contributed by atoms with Crippen molar-refractivity contribution in [3.8, 4) is 0 Å². The van der Waals surface area contributed by atoms with Gasteiger partial charge in [0, 0.05) is 36.5 Å². The first kappa shape index (κ1) is 24.2. The number of benzene rings is 2. The second-order valence-corrected chi connectivity index (χ2v) is 17.2. The van der Waals surface area contributed by atoms with Gasteiger partial charge in [0.1, 0.15) is 12.4 Å². The molecule has 0 bridgehead atoms. The third-order valence-corrected chi connectivity index (χ3v) is 8.94. The number of halogens is 1. The molecule has 182 valence electrons. The number of carbonyl (C=O) groups is 1. The smallest absolute Gasteiger partial charge is 0.277 e. The highest BCUT2D eigenvalue weighted by Gasteiger charge is 2.43. The van der Waals surface area contributed by atoms with Crippen molar-refractivity contribution in [1.29, 1.82) is 0 Å². The van der Waals surface area contributed by atoms with Gasteiger partial charge in [0.2, 0.25) is 0 Å². The summed E-state index contributed by atoms with van der Waals surface area (Å²) in [6.07, 6.45) is 1.81. The number of aromatic nitrogens is 4. The van der Waals surface area contributed by atoms with Crippen molar-refractivity contribution in [2.75, 3.05) is 11.5 Å². The van der Waals surface area contributed by atoms with Crippen LogP contribution >= 0.6 is 22.6 Å². The van der Waals surface area contributed by atoms with E-state index in [1.54, 1.807) is 4.68 Å². The Bertz CT molecular complexity index is 1400. The first-order valence-corrected chi connectivity index (χ1v) is 16.6. The number of aryl methyl sites for hydroxylation is 2. The number of hydrogen-bond acceptors (Lipinski definition) is 4. The van der Waals surface area contributed by atoms with Crippen LogP contribution in [-0.2, 0) is 18.5 Å². The van der Waals surface area contributed by atoms with Crippen molar-refractivity contribution in [2.24, 2.45) is 7.05 Å². The van der Waals surface area contributed by atoms with E-state index in [2.05, 4.69) is 82.6 Å². The Morgan fingerprint density at radius 1 is 1.11 bits per heavy atom. The lowest BCUT2D eigenvalue weighted by molar-refractivity contribution is 0.0898. The van der Waals surface area contributed by atoms with Crippen LogP contribution in [0.5, 0.6) is 0 Å². The Morgan fingerprint density at radius 3 is 2.57 bits per heavy atom. The normalized spacial score (nSPS) is 15.9. The number of anilines is 1. The van der Waals surface area contributed by atoms with Gasteiger partial charge in [-0.25, -0.2) is 4.98 Å². The van der Waals surface area contributed by atoms with E-state index in [1.165, 1.54) is 0 Å². The molecule has 35 heavy (non-hydrogen) atoms. The molecule has 7 nitrogen and oxygen atoms in total. The van der Waals surface area contributed by atoms with E-state index in [4.69, 9.17) is 4.74 Å². The molecule has 9 heteroatoms. The number of nitrogens with zero attached hydrogens (tertiary/aromatic N) is 5. The lowest BCUT2D eigenvalue weighted by Crippen LogP contribution is -2.30. The zero-order valence-corrected chi connectivity index (χ0v) is 23.9. The number of imidazole rings is 1. The maximum atomic E-state index is 13.8. The number of carbonyl (C=O) groups excluding carboxylic acids is 1. The molecule has 2 aromatic heterocycles. The third-order valence-electron chi connectivity index (χ3n) is 6.52. The largest absolute Gasteiger partial charge is 0.361 e. The van der Waals surface area contributed by atoms with E-state index in [-0.39, 0.29) is 11.9 Å². The molecule has 0 saturated heterocycles. The molecule has 0 N–H and O–H groups in total. The second-order valence-electron chi connectivity index (χ2n) is 10.3. The molecule has 0 aliphatic carbocycles. The molecule has 3 heterocycles. The molecule has 5 rings (SSSR count). The minimum absolute atomic E-state index is 0.0385. The molecule has 0 fully saturated rings. The first-order valence-electron chi connectivity index (χ1n) is 11.8. The average Bonchev–Trinajstić information content (AvgIpc) is 3.43. The van der Waals surface area contributed by atoms with Gasteiger partial charge in [-0.15, -0.1) is 0 Å². The molecule has 1 atom stereocenters. The average molecular weight is 600 g/mol. The minimum atomic E-state index is -1.15. The summed E-state index contributed by atoms with van der Waals surface area (Å²) in [6, 6.07) is 15.3. The molecule has 1 amide bonds. The van der Waals surface area contributed by atoms with Crippen LogP contribution in [0.3, 0.4) is 0 Å². The molecule has 0 radical (unpaired) electrons. The van der Waals surface area contributed by atoms with Crippen molar-refractivity contribution >= 4 is 53.3 Å². The molecule has 4 aromatic rings. The van der Waals surface area contributed by atoms with Crippen LogP contribution in [0.15, 0.2) is 48.8 Å². The highest BCUT2D eigenvalue weighted by atomic mass is 127. The lowest BCUT2D eigenvalue weighted by atomic mass is 9.99. The van der Waals surface area contributed by atoms with E-state index < -0.39 is 8.07 Å². The summed E-state index contributed by atoms with van der Waals surface area (Å²) >= 11 is 2.31. The van der Waals surface area contributed by atoms with Crippen LogP contribution in [0, 0.1) is 10.5 Å². The SMILES string of the molecule is Cc1nn(C)c2c1C(c1ccc(I)cc1)N(c1ccc3ncn(COCC[Si](C)(C)C)c3c1)C2=O. The molecular formula is C26H30IN5O2Si. The van der Waals surface area contributed by atoms with Gasteiger partial charge in [0.15, 0.2) is 0 Å². The van der Waals surface area contributed by atoms with Gasteiger partial charge < -0.3 is 9.30 Å². The molecule has 2 aromatic carbocycles. The summed E-state index contributed by atoms with van der Waals surface area (Å²) in [4.78, 5) is 20.2. The van der Waals surface area contributed by atoms with Crippen molar-refractivity contribution < 1.29 is 9.53 Å². The van der Waals surface area contributed by atoms with Gasteiger partial charge >= 0.3 is 0 Å². The van der Waals surface area contributed by atoms with E-state index in [0.717, 1.165) is 49.8 Å². The number of rotatable bonds is 7. The Hall–Kier alpha value is -2.50. The van der Waals surface area contributed by atoms with Gasteiger partial charge in [-0.2, -0.15) is 5.10 Å². The molecule has 1 aliphatic rings. The number of hydrogen-bond donors (Lipinski definition) is 0. The molecule has 0 saturated carbocycles. The predicted molar refractivity (Wildman–Crippen MR) is 150 cm³/mol. The Morgan fingerprint density at radius 2 is 1.86 bits per heavy atom. The Balaban J connectivity index is 1.52. The number of amides is 1. The highest BCUT2D eigenvalue weighted by molar-refractivity contribution is 14.1. The zero-order chi connectivity index (χ0) is 24.9. The third kappa shape index (κ3) is 4.56. The fourth-order valence-electron chi connectivity index (χ4n) is 4.68. The van der Waals surface area contributed by atoms with Gasteiger partial charge in [-0.3, -0.25) is 14.4 Å². The summed E-state index contributed by atoms with van der Waals surface area (Å²) in [6.45, 7) is 10.2. The molecular weight excluding hydrogens is 569 g/mol. The number of ether oxygens (including phenoxy) is 1.